The van der Waals surface area contributed by atoms with Crippen LogP contribution < -0.4 is 0 Å². The maximum Gasteiger partial charge on any atom is 0.0358 e. The number of rotatable bonds is 3. The molecule has 0 fully saturated rings. The van der Waals surface area contributed by atoms with Crippen LogP contribution in [0.2, 0.25) is 0 Å². The van der Waals surface area contributed by atoms with Crippen molar-refractivity contribution in [2.45, 2.75) is 52.9 Å². The molecule has 0 saturated carbocycles. The number of benzene rings is 2. The Morgan fingerprint density at radius 2 is 1.62 bits per heavy atom. The van der Waals surface area contributed by atoms with Crippen molar-refractivity contribution in [1.82, 2.24) is 0 Å². The topological polar surface area (TPSA) is 0 Å². The third-order valence-corrected chi connectivity index (χ3v) is 13.1. The van der Waals surface area contributed by atoms with E-state index >= 15 is 0 Å². The van der Waals surface area contributed by atoms with Crippen molar-refractivity contribution in [3.63, 3.8) is 0 Å². The highest BCUT2D eigenvalue weighted by atomic mass is 32.1. The molecule has 0 aliphatic heterocycles. The second kappa shape index (κ2) is 10.4. The first-order valence-electron chi connectivity index (χ1n) is 16.5. The number of hydrogen-bond acceptors (Lipinski definition) is 2. The van der Waals surface area contributed by atoms with Gasteiger partial charge in [0.2, 0.25) is 0 Å². The van der Waals surface area contributed by atoms with E-state index in [-0.39, 0.29) is 0 Å². The Labute approximate surface area is 274 Å². The first-order chi connectivity index (χ1) is 21.9. The van der Waals surface area contributed by atoms with Crippen LogP contribution in [-0.4, -0.2) is 0 Å². The summed E-state index contributed by atoms with van der Waals surface area (Å²) in [4.78, 5) is 4.43. The molecule has 5 aliphatic carbocycles. The van der Waals surface area contributed by atoms with Crippen molar-refractivity contribution in [2.75, 3.05) is 0 Å². The first-order valence-corrected chi connectivity index (χ1v) is 18.2. The summed E-state index contributed by atoms with van der Waals surface area (Å²) in [5.41, 5.74) is 14.6. The van der Waals surface area contributed by atoms with E-state index in [1.807, 2.05) is 22.7 Å². The molecule has 4 aromatic rings. The molecule has 0 bridgehead atoms. The molecule has 0 N–H and O–H groups in total. The van der Waals surface area contributed by atoms with Gasteiger partial charge in [-0.05, 0) is 144 Å². The fraction of sp³-hybridized carbons (Fsp3) is 0.256. The fourth-order valence-electron chi connectivity index (χ4n) is 8.30. The fourth-order valence-corrected chi connectivity index (χ4v) is 10.8. The van der Waals surface area contributed by atoms with E-state index in [0.717, 1.165) is 12.8 Å². The summed E-state index contributed by atoms with van der Waals surface area (Å²) in [6, 6.07) is 11.6. The van der Waals surface area contributed by atoms with E-state index in [9.17, 15) is 0 Å². The van der Waals surface area contributed by atoms with Gasteiger partial charge in [0.15, 0.2) is 0 Å². The van der Waals surface area contributed by atoms with Crippen LogP contribution in [0.15, 0.2) is 107 Å². The van der Waals surface area contributed by atoms with Gasteiger partial charge in [-0.2, -0.15) is 0 Å². The Morgan fingerprint density at radius 3 is 2.49 bits per heavy atom. The number of thiophene rings is 2. The molecule has 3 atom stereocenters. The summed E-state index contributed by atoms with van der Waals surface area (Å²) in [7, 11) is 0. The predicted octanol–water partition coefficient (Wildman–Crippen LogP) is 12.2. The smallest absolute Gasteiger partial charge is 0.0358 e. The second-order valence-electron chi connectivity index (χ2n) is 14.0. The molecular formula is C43H38S2. The second-order valence-corrected chi connectivity index (χ2v) is 16.2. The third kappa shape index (κ3) is 4.68. The SMILES string of the molecule is C=C(C)C1Cc2c(sc3cc4cc(C)ccc4cc23)C=C1/C=C/C1=CC2=Cc3sc4c(c3CC2CC1)CC1C=CC(C)=CC1=C4. The zero-order valence-electron chi connectivity index (χ0n) is 26.4. The minimum atomic E-state index is 0.359. The molecule has 5 aliphatic rings. The summed E-state index contributed by atoms with van der Waals surface area (Å²) in [6.07, 6.45) is 27.7. The highest BCUT2D eigenvalue weighted by Crippen LogP contribution is 2.47. The molecule has 0 spiro atoms. The van der Waals surface area contributed by atoms with Crippen LogP contribution >= 0.6 is 22.7 Å². The van der Waals surface area contributed by atoms with Gasteiger partial charge in [-0.1, -0.05) is 77.9 Å². The van der Waals surface area contributed by atoms with E-state index in [1.54, 1.807) is 11.1 Å². The quantitative estimate of drug-likeness (QED) is 0.200. The summed E-state index contributed by atoms with van der Waals surface area (Å²) in [5, 5.41) is 4.11. The van der Waals surface area contributed by atoms with Gasteiger partial charge >= 0.3 is 0 Å². The Kier molecular flexibility index (Phi) is 6.38. The summed E-state index contributed by atoms with van der Waals surface area (Å²) in [6.45, 7) is 11.0. The number of aryl methyl sites for hydroxylation is 1. The van der Waals surface area contributed by atoms with Crippen LogP contribution in [0.5, 0.6) is 0 Å². The highest BCUT2D eigenvalue weighted by molar-refractivity contribution is 7.20. The third-order valence-electron chi connectivity index (χ3n) is 10.8. The molecule has 0 saturated heterocycles. The molecule has 0 radical (unpaired) electrons. The molecule has 2 aromatic heterocycles. The highest BCUT2D eigenvalue weighted by Gasteiger charge is 2.31. The molecule has 2 heterocycles. The van der Waals surface area contributed by atoms with Gasteiger partial charge in [0.05, 0.1) is 0 Å². The first kappa shape index (κ1) is 27.6. The van der Waals surface area contributed by atoms with Crippen molar-refractivity contribution in [2.24, 2.45) is 17.8 Å². The molecular weight excluding hydrogens is 581 g/mol. The van der Waals surface area contributed by atoms with Gasteiger partial charge in [0.1, 0.15) is 0 Å². The van der Waals surface area contributed by atoms with Gasteiger partial charge in [-0.25, -0.2) is 0 Å². The number of fused-ring (bicyclic) bond motifs is 9. The van der Waals surface area contributed by atoms with Crippen LogP contribution in [0, 0.1) is 24.7 Å². The van der Waals surface area contributed by atoms with E-state index in [0.29, 0.717) is 17.8 Å². The van der Waals surface area contributed by atoms with Gasteiger partial charge in [-0.3, -0.25) is 0 Å². The average molecular weight is 619 g/mol. The largest absolute Gasteiger partial charge is 0.136 e. The minimum Gasteiger partial charge on any atom is -0.136 e. The Hall–Kier alpha value is -3.72. The van der Waals surface area contributed by atoms with Gasteiger partial charge in [0.25, 0.3) is 0 Å². The lowest BCUT2D eigenvalue weighted by molar-refractivity contribution is 0.547. The lowest BCUT2D eigenvalue weighted by Gasteiger charge is -2.29. The summed E-state index contributed by atoms with van der Waals surface area (Å²) in [5.74, 6) is 1.57. The zero-order valence-corrected chi connectivity index (χ0v) is 28.0. The number of hydrogen-bond donors (Lipinski definition) is 0. The van der Waals surface area contributed by atoms with Crippen molar-refractivity contribution >= 4 is 61.8 Å². The van der Waals surface area contributed by atoms with E-state index < -0.39 is 0 Å². The minimum absolute atomic E-state index is 0.359. The molecule has 9 rings (SSSR count). The van der Waals surface area contributed by atoms with Gasteiger partial charge in [-0.15, -0.1) is 22.7 Å². The predicted molar refractivity (Wildman–Crippen MR) is 198 cm³/mol. The van der Waals surface area contributed by atoms with Crippen LogP contribution in [0.1, 0.15) is 63.6 Å². The lowest BCUT2D eigenvalue weighted by atomic mass is 9.75. The zero-order chi connectivity index (χ0) is 30.4. The number of allylic oxidation sites excluding steroid dienone is 12. The Morgan fingerprint density at radius 1 is 0.800 bits per heavy atom. The van der Waals surface area contributed by atoms with Crippen molar-refractivity contribution in [3.05, 3.63) is 144 Å². The maximum absolute atomic E-state index is 4.45. The molecule has 45 heavy (non-hydrogen) atoms. The van der Waals surface area contributed by atoms with Gasteiger partial charge in [0, 0.05) is 31.2 Å². The monoisotopic (exact) mass is 618 g/mol. The molecule has 2 heteroatoms. The normalized spacial score (nSPS) is 23.4. The van der Waals surface area contributed by atoms with Crippen LogP contribution in [0.25, 0.3) is 39.1 Å². The van der Waals surface area contributed by atoms with Crippen molar-refractivity contribution < 1.29 is 0 Å². The van der Waals surface area contributed by atoms with Crippen molar-refractivity contribution in [3.8, 4) is 0 Å². The summed E-state index contributed by atoms with van der Waals surface area (Å²) < 4.78 is 1.40. The molecule has 0 amide bonds. The lowest BCUT2D eigenvalue weighted by Crippen LogP contribution is -2.18. The average Bonchev–Trinajstić information content (AvgIpc) is 3.55. The molecule has 222 valence electrons. The van der Waals surface area contributed by atoms with E-state index in [2.05, 4.69) is 112 Å². The summed E-state index contributed by atoms with van der Waals surface area (Å²) >= 11 is 3.97. The van der Waals surface area contributed by atoms with E-state index in [4.69, 9.17) is 0 Å². The molecule has 3 unspecified atom stereocenters. The maximum atomic E-state index is 4.45. The van der Waals surface area contributed by atoms with Crippen LogP contribution in [0.3, 0.4) is 0 Å². The van der Waals surface area contributed by atoms with Crippen LogP contribution in [0.4, 0.5) is 0 Å². The Bertz CT molecular complexity index is 2190. The van der Waals surface area contributed by atoms with Gasteiger partial charge < -0.3 is 0 Å². The molecule has 2 aromatic carbocycles. The Balaban J connectivity index is 1.03. The van der Waals surface area contributed by atoms with E-state index in [1.165, 1.54) is 99.3 Å². The van der Waals surface area contributed by atoms with Crippen LogP contribution in [-0.2, 0) is 19.3 Å². The molecule has 0 nitrogen and oxygen atoms in total. The standard InChI is InChI=1S/C43H38S2/c1-24(2)35-23-39-38-17-29-10-6-26(4)14-33(29)21-42(38)44-40(39)19-31(35)12-8-27-7-11-30-18-37-36-16-28-9-5-25(3)13-32(28)20-41(36)45-43(37)22-34(30)15-27/h5-6,8-10,12-15,17,19-22,28,30,35H,1,7,11,16,18,23H2,2-4H3/b12-8+. The van der Waals surface area contributed by atoms with Crippen molar-refractivity contribution in [1.29, 1.82) is 0 Å².